The van der Waals surface area contributed by atoms with Crippen molar-refractivity contribution in [2.45, 2.75) is 19.4 Å². The number of nitrogens with two attached hydrogens (primary N) is 1. The molecule has 23 heavy (non-hydrogen) atoms. The van der Waals surface area contributed by atoms with Crippen LogP contribution in [0, 0.1) is 0 Å². The molecule has 0 fully saturated rings. The van der Waals surface area contributed by atoms with Gasteiger partial charge < -0.3 is 20.2 Å². The molecule has 1 aromatic carbocycles. The summed E-state index contributed by atoms with van der Waals surface area (Å²) in [6.45, 7) is 2.29. The largest absolute Gasteiger partial charge is 0.464 e. The van der Waals surface area contributed by atoms with Crippen LogP contribution in [0.25, 0.3) is 0 Å². The average Bonchev–Trinajstić information content (AvgIpc) is 3.03. The minimum Gasteiger partial charge on any atom is -0.464 e. The normalized spacial score (nSPS) is 11.9. The predicted molar refractivity (Wildman–Crippen MR) is 85.1 cm³/mol. The highest BCUT2D eigenvalue weighted by molar-refractivity contribution is 5.97. The third-order valence-electron chi connectivity index (χ3n) is 3.44. The zero-order chi connectivity index (χ0) is 16.8. The molecule has 0 spiro atoms. The summed E-state index contributed by atoms with van der Waals surface area (Å²) in [5, 5.41) is 2.86. The van der Waals surface area contributed by atoms with Crippen LogP contribution >= 0.6 is 0 Å². The fourth-order valence-electron chi connectivity index (χ4n) is 2.16. The Kier molecular flexibility index (Phi) is 5.54. The second-order valence-electron chi connectivity index (χ2n) is 5.08. The van der Waals surface area contributed by atoms with Gasteiger partial charge in [-0.1, -0.05) is 6.92 Å². The number of carbonyl (C=O) groups excluding carboxylic acids is 2. The van der Waals surface area contributed by atoms with Crippen LogP contribution in [0.2, 0.25) is 0 Å². The topological polar surface area (TPSA) is 94.6 Å². The summed E-state index contributed by atoms with van der Waals surface area (Å²) in [7, 11) is 1.56. The molecule has 1 heterocycles. The van der Waals surface area contributed by atoms with E-state index in [1.807, 2.05) is 19.1 Å². The number of nitrogens with one attached hydrogen (secondary N) is 1. The number of benzene rings is 1. The Morgan fingerprint density at radius 3 is 2.35 bits per heavy atom. The molecule has 0 bridgehead atoms. The Bertz CT molecular complexity index is 676. The van der Waals surface area contributed by atoms with Gasteiger partial charge in [0, 0.05) is 24.7 Å². The van der Waals surface area contributed by atoms with Crippen molar-refractivity contribution in [3.8, 4) is 0 Å². The highest BCUT2D eigenvalue weighted by Gasteiger charge is 2.19. The Balaban J connectivity index is 2.12. The molecule has 0 aliphatic heterocycles. The van der Waals surface area contributed by atoms with Crippen LogP contribution in [0.15, 0.2) is 40.8 Å². The van der Waals surface area contributed by atoms with Gasteiger partial charge in [-0.2, -0.15) is 0 Å². The van der Waals surface area contributed by atoms with Crippen LogP contribution in [0.3, 0.4) is 0 Å². The Morgan fingerprint density at radius 1 is 1.17 bits per heavy atom. The van der Waals surface area contributed by atoms with E-state index in [2.05, 4.69) is 5.32 Å². The summed E-state index contributed by atoms with van der Waals surface area (Å²) in [4.78, 5) is 23.4. The van der Waals surface area contributed by atoms with Gasteiger partial charge in [0.2, 0.25) is 5.91 Å². The van der Waals surface area contributed by atoms with Gasteiger partial charge in [-0.15, -0.1) is 0 Å². The summed E-state index contributed by atoms with van der Waals surface area (Å²) < 4.78 is 10.8. The van der Waals surface area contributed by atoms with Crippen molar-refractivity contribution in [2.24, 2.45) is 5.73 Å². The summed E-state index contributed by atoms with van der Waals surface area (Å²) in [5.74, 6) is 0.682. The van der Waals surface area contributed by atoms with E-state index in [9.17, 15) is 9.59 Å². The van der Waals surface area contributed by atoms with Crippen molar-refractivity contribution in [3.05, 3.63) is 59.0 Å². The number of furan rings is 1. The van der Waals surface area contributed by atoms with Crippen molar-refractivity contribution in [3.63, 3.8) is 0 Å². The first-order valence-corrected chi connectivity index (χ1v) is 7.33. The third-order valence-corrected chi connectivity index (χ3v) is 3.44. The minimum atomic E-state index is -0.531. The van der Waals surface area contributed by atoms with Crippen molar-refractivity contribution in [1.82, 2.24) is 5.32 Å². The van der Waals surface area contributed by atoms with Crippen LogP contribution in [-0.4, -0.2) is 25.5 Å². The molecule has 2 rings (SSSR count). The van der Waals surface area contributed by atoms with Gasteiger partial charge in [-0.05, 0) is 36.4 Å². The van der Waals surface area contributed by atoms with Crippen LogP contribution in [0.4, 0.5) is 0 Å². The van der Waals surface area contributed by atoms with Crippen LogP contribution in [-0.2, 0) is 11.2 Å². The summed E-state index contributed by atoms with van der Waals surface area (Å²) in [6, 6.07) is 9.47. The summed E-state index contributed by atoms with van der Waals surface area (Å²) >= 11 is 0. The lowest BCUT2D eigenvalue weighted by Gasteiger charge is -2.16. The molecule has 1 aromatic heterocycles. The van der Waals surface area contributed by atoms with Crippen molar-refractivity contribution < 1.29 is 18.7 Å². The number of aryl methyl sites for hydroxylation is 1. The molecule has 6 nitrogen and oxygen atoms in total. The number of carbonyl (C=O) groups is 2. The standard InChI is InChI=1S/C17H20N2O4/c1-3-13-8-9-15(23-13)14(10-22-2)19-17(21)12-6-4-11(5-7-12)16(18)20/h4-9,14H,3,10H2,1-2H3,(H2,18,20)(H,19,21)/t14-/m0/s1. The maximum atomic E-state index is 12.3. The number of ether oxygens (including phenoxy) is 1. The second kappa shape index (κ2) is 7.60. The summed E-state index contributed by atoms with van der Waals surface area (Å²) in [5.41, 5.74) is 5.97. The molecule has 122 valence electrons. The van der Waals surface area contributed by atoms with Crippen LogP contribution in [0.1, 0.15) is 45.2 Å². The minimum absolute atomic E-state index is 0.280. The molecule has 2 aromatic rings. The Morgan fingerprint density at radius 2 is 1.83 bits per heavy atom. The monoisotopic (exact) mass is 316 g/mol. The van der Waals surface area contributed by atoms with Gasteiger partial charge in [-0.25, -0.2) is 0 Å². The first-order valence-electron chi connectivity index (χ1n) is 7.33. The number of rotatable bonds is 7. The first-order chi connectivity index (χ1) is 11.0. The van der Waals surface area contributed by atoms with Crippen LogP contribution in [0.5, 0.6) is 0 Å². The van der Waals surface area contributed by atoms with E-state index in [1.54, 1.807) is 19.2 Å². The number of amides is 2. The van der Waals surface area contributed by atoms with Gasteiger partial charge in [0.1, 0.15) is 17.6 Å². The van der Waals surface area contributed by atoms with E-state index in [0.717, 1.165) is 12.2 Å². The van der Waals surface area contributed by atoms with Crippen LogP contribution < -0.4 is 11.1 Å². The lowest BCUT2D eigenvalue weighted by atomic mass is 10.1. The van der Waals surface area contributed by atoms with E-state index in [-0.39, 0.29) is 11.9 Å². The highest BCUT2D eigenvalue weighted by Crippen LogP contribution is 2.18. The van der Waals surface area contributed by atoms with Crippen molar-refractivity contribution in [1.29, 1.82) is 0 Å². The van der Waals surface area contributed by atoms with Crippen molar-refractivity contribution >= 4 is 11.8 Å². The molecule has 6 heteroatoms. The predicted octanol–water partition coefficient (Wildman–Crippen LogP) is 2.06. The van der Waals surface area contributed by atoms with Gasteiger partial charge in [-0.3, -0.25) is 9.59 Å². The average molecular weight is 316 g/mol. The fraction of sp³-hybridized carbons (Fsp3) is 0.294. The lowest BCUT2D eigenvalue weighted by molar-refractivity contribution is 0.0881. The van der Waals surface area contributed by atoms with Gasteiger partial charge in [0.05, 0.1) is 6.61 Å². The number of primary amides is 1. The molecule has 0 saturated heterocycles. The second-order valence-corrected chi connectivity index (χ2v) is 5.08. The van der Waals surface area contributed by atoms with Gasteiger partial charge >= 0.3 is 0 Å². The number of methoxy groups -OCH3 is 1. The fourth-order valence-corrected chi connectivity index (χ4v) is 2.16. The maximum Gasteiger partial charge on any atom is 0.251 e. The van der Waals surface area contributed by atoms with Crippen molar-refractivity contribution in [2.75, 3.05) is 13.7 Å². The molecular weight excluding hydrogens is 296 g/mol. The molecule has 3 N–H and O–H groups in total. The maximum absolute atomic E-state index is 12.3. The van der Waals surface area contributed by atoms with E-state index >= 15 is 0 Å². The highest BCUT2D eigenvalue weighted by atomic mass is 16.5. The zero-order valence-corrected chi connectivity index (χ0v) is 13.2. The molecule has 0 aliphatic rings. The van der Waals surface area contributed by atoms with E-state index in [4.69, 9.17) is 14.9 Å². The van der Waals surface area contributed by atoms with E-state index in [1.165, 1.54) is 12.1 Å². The Hall–Kier alpha value is -2.60. The molecule has 0 aliphatic carbocycles. The zero-order valence-electron chi connectivity index (χ0n) is 13.2. The van der Waals surface area contributed by atoms with Gasteiger partial charge in [0.15, 0.2) is 0 Å². The molecule has 2 amide bonds. The molecule has 0 saturated carbocycles. The van der Waals surface area contributed by atoms with Gasteiger partial charge in [0.25, 0.3) is 5.91 Å². The third kappa shape index (κ3) is 4.20. The molecule has 1 atom stereocenters. The summed E-state index contributed by atoms with van der Waals surface area (Å²) in [6.07, 6.45) is 0.780. The quantitative estimate of drug-likeness (QED) is 0.817. The molecule has 0 radical (unpaired) electrons. The number of hydrogen-bond donors (Lipinski definition) is 2. The Labute approximate surface area is 134 Å². The smallest absolute Gasteiger partial charge is 0.251 e. The first kappa shape index (κ1) is 16.8. The molecule has 0 unspecified atom stereocenters. The SMILES string of the molecule is CCc1ccc([C@H](COC)NC(=O)c2ccc(C(N)=O)cc2)o1. The lowest BCUT2D eigenvalue weighted by Crippen LogP contribution is -2.31. The molecular formula is C17H20N2O4. The number of hydrogen-bond acceptors (Lipinski definition) is 4. The van der Waals surface area contributed by atoms with E-state index in [0.29, 0.717) is 23.5 Å². The van der Waals surface area contributed by atoms with E-state index < -0.39 is 5.91 Å².